The largest absolute Gasteiger partial charge is 0.345 e. The van der Waals surface area contributed by atoms with Gasteiger partial charge in [-0.3, -0.25) is 9.59 Å². The zero-order chi connectivity index (χ0) is 18.0. The number of halogens is 2. The maximum atomic E-state index is 12.6. The van der Waals surface area contributed by atoms with Crippen LogP contribution in [-0.2, 0) is 0 Å². The van der Waals surface area contributed by atoms with E-state index in [1.54, 1.807) is 30.3 Å². The van der Waals surface area contributed by atoms with E-state index < -0.39 is 5.54 Å². The molecule has 1 aromatic heterocycles. The first-order valence-electron chi connectivity index (χ1n) is 8.10. The molecule has 1 atom stereocenters. The van der Waals surface area contributed by atoms with Gasteiger partial charge in [-0.1, -0.05) is 17.7 Å². The lowest BCUT2D eigenvalue weighted by atomic mass is 9.95. The maximum absolute atomic E-state index is 12.6. The molecule has 0 bridgehead atoms. The first-order chi connectivity index (χ1) is 11.9. The normalized spacial score (nSPS) is 15.5. The second-order valence-electron chi connectivity index (χ2n) is 6.48. The molecule has 4 N–H and O–H groups in total. The Bertz CT molecular complexity index is 794. The van der Waals surface area contributed by atoms with Crippen LogP contribution in [0.4, 0.5) is 5.69 Å². The summed E-state index contributed by atoms with van der Waals surface area (Å²) in [6.45, 7) is 2.36. The Kier molecular flexibility index (Phi) is 6.69. The number of hydrogen-bond acceptors (Lipinski definition) is 4. The van der Waals surface area contributed by atoms with Gasteiger partial charge in [0.1, 0.15) is 0 Å². The molecule has 1 saturated carbocycles. The van der Waals surface area contributed by atoms with Crippen molar-refractivity contribution >= 4 is 52.8 Å². The number of carbonyl (C=O) groups is 2. The van der Waals surface area contributed by atoms with Crippen LogP contribution in [0, 0.1) is 5.92 Å². The fourth-order valence-electron chi connectivity index (χ4n) is 2.73. The summed E-state index contributed by atoms with van der Waals surface area (Å²) in [6.07, 6.45) is 2.16. The molecule has 1 aromatic carbocycles. The molecule has 1 aliphatic carbocycles. The molecule has 2 aromatic rings. The molecule has 0 aliphatic heterocycles. The van der Waals surface area contributed by atoms with Crippen molar-refractivity contribution < 1.29 is 9.59 Å². The van der Waals surface area contributed by atoms with E-state index in [-0.39, 0.29) is 24.2 Å². The van der Waals surface area contributed by atoms with E-state index in [1.807, 2.05) is 12.3 Å². The molecule has 5 nitrogen and oxygen atoms in total. The van der Waals surface area contributed by atoms with Crippen molar-refractivity contribution in [1.82, 2.24) is 5.32 Å². The van der Waals surface area contributed by atoms with Crippen molar-refractivity contribution in [2.24, 2.45) is 11.7 Å². The van der Waals surface area contributed by atoms with E-state index in [0.717, 1.165) is 12.8 Å². The van der Waals surface area contributed by atoms with E-state index in [2.05, 4.69) is 10.6 Å². The third-order valence-electron chi connectivity index (χ3n) is 4.52. The number of anilines is 1. The van der Waals surface area contributed by atoms with Crippen LogP contribution in [0.25, 0.3) is 0 Å². The number of thiophene rings is 1. The maximum Gasteiger partial charge on any atom is 0.265 e. The van der Waals surface area contributed by atoms with Crippen molar-refractivity contribution in [3.63, 3.8) is 0 Å². The van der Waals surface area contributed by atoms with Gasteiger partial charge in [-0.25, -0.2) is 0 Å². The lowest BCUT2D eigenvalue weighted by Crippen LogP contribution is -2.53. The molecular weight excluding hydrogens is 393 g/mol. The number of hydrogen-bond donors (Lipinski definition) is 3. The number of nitrogens with one attached hydrogen (secondary N) is 2. The molecule has 0 saturated heterocycles. The highest BCUT2D eigenvalue weighted by atomic mass is 35.5. The molecule has 8 heteroatoms. The monoisotopic (exact) mass is 413 g/mol. The van der Waals surface area contributed by atoms with Gasteiger partial charge in [0, 0.05) is 12.1 Å². The van der Waals surface area contributed by atoms with Gasteiger partial charge in [-0.05, 0) is 55.3 Å². The zero-order valence-electron chi connectivity index (χ0n) is 14.3. The summed E-state index contributed by atoms with van der Waals surface area (Å²) in [7, 11) is 0. The van der Waals surface area contributed by atoms with Gasteiger partial charge in [0.25, 0.3) is 11.8 Å². The molecule has 1 unspecified atom stereocenters. The highest BCUT2D eigenvalue weighted by Crippen LogP contribution is 2.39. The predicted octanol–water partition coefficient (Wildman–Crippen LogP) is 3.93. The van der Waals surface area contributed by atoms with Crippen LogP contribution in [0.2, 0.25) is 5.02 Å². The van der Waals surface area contributed by atoms with Gasteiger partial charge in [0.2, 0.25) is 0 Å². The van der Waals surface area contributed by atoms with Gasteiger partial charge in [-0.15, -0.1) is 23.7 Å². The van der Waals surface area contributed by atoms with Gasteiger partial charge >= 0.3 is 0 Å². The summed E-state index contributed by atoms with van der Waals surface area (Å²) in [5.74, 6) is -0.0471. The predicted molar refractivity (Wildman–Crippen MR) is 109 cm³/mol. The Hall–Kier alpha value is -1.60. The third kappa shape index (κ3) is 4.57. The fraction of sp³-hybridized carbons (Fsp3) is 0.333. The molecule has 3 rings (SSSR count). The molecule has 0 spiro atoms. The number of benzene rings is 1. The summed E-state index contributed by atoms with van der Waals surface area (Å²) < 4.78 is 0. The SMILES string of the molecule is CC(CN)(NC(=O)c1ccc(Cl)c(NC(=O)c2cccs2)c1)C1CC1.Cl. The van der Waals surface area contributed by atoms with Crippen LogP contribution >= 0.6 is 35.3 Å². The van der Waals surface area contributed by atoms with Crippen LogP contribution in [0.15, 0.2) is 35.7 Å². The van der Waals surface area contributed by atoms with E-state index in [1.165, 1.54) is 11.3 Å². The molecule has 26 heavy (non-hydrogen) atoms. The lowest BCUT2D eigenvalue weighted by molar-refractivity contribution is 0.0897. The first kappa shape index (κ1) is 20.7. The van der Waals surface area contributed by atoms with Crippen molar-refractivity contribution in [3.8, 4) is 0 Å². The topological polar surface area (TPSA) is 84.2 Å². The minimum absolute atomic E-state index is 0. The van der Waals surface area contributed by atoms with Gasteiger partial charge < -0.3 is 16.4 Å². The number of carbonyl (C=O) groups excluding carboxylic acids is 2. The molecular formula is C18H21Cl2N3O2S. The van der Waals surface area contributed by atoms with Crippen molar-refractivity contribution in [1.29, 1.82) is 0 Å². The molecule has 1 fully saturated rings. The fourth-order valence-corrected chi connectivity index (χ4v) is 3.51. The minimum atomic E-state index is -0.406. The molecule has 1 heterocycles. The van der Waals surface area contributed by atoms with Crippen molar-refractivity contribution in [3.05, 3.63) is 51.2 Å². The Morgan fingerprint density at radius 3 is 2.62 bits per heavy atom. The molecule has 140 valence electrons. The van der Waals surface area contributed by atoms with Crippen LogP contribution in [-0.4, -0.2) is 23.9 Å². The smallest absolute Gasteiger partial charge is 0.265 e. The van der Waals surface area contributed by atoms with E-state index in [4.69, 9.17) is 17.3 Å². The quantitative estimate of drug-likeness (QED) is 0.670. The Labute approximate surface area is 167 Å². The third-order valence-corrected chi connectivity index (χ3v) is 5.72. The molecule has 1 aliphatic rings. The number of rotatable bonds is 6. The van der Waals surface area contributed by atoms with Crippen LogP contribution in [0.3, 0.4) is 0 Å². The summed E-state index contributed by atoms with van der Waals surface area (Å²) in [5, 5.41) is 7.99. The summed E-state index contributed by atoms with van der Waals surface area (Å²) >= 11 is 7.50. The lowest BCUT2D eigenvalue weighted by Gasteiger charge is -2.29. The summed E-state index contributed by atoms with van der Waals surface area (Å²) in [5.41, 5.74) is 6.30. The van der Waals surface area contributed by atoms with Crippen LogP contribution < -0.4 is 16.4 Å². The highest BCUT2D eigenvalue weighted by Gasteiger charge is 2.41. The number of nitrogens with two attached hydrogens (primary N) is 1. The standard InChI is InChI=1S/C18H20ClN3O2S.ClH/c1-18(10-20,12-5-6-12)22-16(23)11-4-7-13(19)14(9-11)21-17(24)15-3-2-8-25-15;/h2-4,7-9,12H,5-6,10,20H2,1H3,(H,21,24)(H,22,23);1H. The van der Waals surface area contributed by atoms with Crippen LogP contribution in [0.5, 0.6) is 0 Å². The molecule has 0 radical (unpaired) electrons. The highest BCUT2D eigenvalue weighted by molar-refractivity contribution is 7.12. The average Bonchev–Trinajstić information content (AvgIpc) is 3.32. The van der Waals surface area contributed by atoms with E-state index in [9.17, 15) is 9.59 Å². The van der Waals surface area contributed by atoms with E-state index >= 15 is 0 Å². The summed E-state index contributed by atoms with van der Waals surface area (Å²) in [6, 6.07) is 8.37. The van der Waals surface area contributed by atoms with Gasteiger partial charge in [-0.2, -0.15) is 0 Å². The van der Waals surface area contributed by atoms with Crippen molar-refractivity contribution in [2.45, 2.75) is 25.3 Å². The Morgan fingerprint density at radius 1 is 1.31 bits per heavy atom. The Balaban J connectivity index is 0.00000243. The number of amides is 2. The first-order valence-corrected chi connectivity index (χ1v) is 9.36. The van der Waals surface area contributed by atoms with Gasteiger partial charge in [0.05, 0.1) is 21.1 Å². The van der Waals surface area contributed by atoms with Gasteiger partial charge in [0.15, 0.2) is 0 Å². The zero-order valence-corrected chi connectivity index (χ0v) is 16.6. The average molecular weight is 414 g/mol. The van der Waals surface area contributed by atoms with Crippen LogP contribution in [0.1, 0.15) is 39.8 Å². The van der Waals surface area contributed by atoms with E-state index in [0.29, 0.717) is 33.6 Å². The minimum Gasteiger partial charge on any atom is -0.345 e. The van der Waals surface area contributed by atoms with Crippen molar-refractivity contribution in [2.75, 3.05) is 11.9 Å². The second kappa shape index (κ2) is 8.39. The second-order valence-corrected chi connectivity index (χ2v) is 7.83. The summed E-state index contributed by atoms with van der Waals surface area (Å²) in [4.78, 5) is 25.4. The molecule has 2 amide bonds. The Morgan fingerprint density at radius 2 is 2.04 bits per heavy atom.